The lowest BCUT2D eigenvalue weighted by Gasteiger charge is -2.14. The Morgan fingerprint density at radius 3 is 1.79 bits per heavy atom. The summed E-state index contributed by atoms with van der Waals surface area (Å²) in [6.45, 7) is 3.90. The molecule has 0 amide bonds. The fourth-order valence-electron chi connectivity index (χ4n) is 1.39. The van der Waals surface area contributed by atoms with Gasteiger partial charge in [0.05, 0.1) is 5.30 Å². The number of aryl methyl sites for hydroxylation is 2. The van der Waals surface area contributed by atoms with Crippen LogP contribution in [0.4, 0.5) is 0 Å². The van der Waals surface area contributed by atoms with Crippen molar-refractivity contribution < 1.29 is 13.6 Å². The van der Waals surface area contributed by atoms with Crippen LogP contribution in [0.1, 0.15) is 11.1 Å². The fourth-order valence-corrected chi connectivity index (χ4v) is 2.69. The zero-order chi connectivity index (χ0) is 10.8. The smallest absolute Gasteiger partial charge is 0.309 e. The van der Waals surface area contributed by atoms with E-state index in [4.69, 9.17) is 9.05 Å². The summed E-state index contributed by atoms with van der Waals surface area (Å²) in [4.78, 5) is 0. The summed E-state index contributed by atoms with van der Waals surface area (Å²) in [5.41, 5.74) is 2.10. The van der Waals surface area contributed by atoms with Gasteiger partial charge in [-0.15, -0.1) is 0 Å². The van der Waals surface area contributed by atoms with Crippen molar-refractivity contribution in [1.29, 1.82) is 0 Å². The minimum Gasteiger partial charge on any atom is -0.309 e. The van der Waals surface area contributed by atoms with Crippen molar-refractivity contribution in [3.8, 4) is 0 Å². The van der Waals surface area contributed by atoms with Crippen LogP contribution in [0.25, 0.3) is 0 Å². The predicted molar refractivity (Wildman–Crippen MR) is 57.2 cm³/mol. The first kappa shape index (κ1) is 11.4. The molecule has 0 radical (unpaired) electrons. The largest absolute Gasteiger partial charge is 0.360 e. The molecule has 1 rings (SSSR count). The molecule has 0 saturated carbocycles. The van der Waals surface area contributed by atoms with Crippen LogP contribution in [-0.2, 0) is 13.6 Å². The van der Waals surface area contributed by atoms with Crippen molar-refractivity contribution in [3.63, 3.8) is 0 Å². The molecule has 0 aliphatic heterocycles. The van der Waals surface area contributed by atoms with Crippen LogP contribution in [0.5, 0.6) is 0 Å². The van der Waals surface area contributed by atoms with Crippen LogP contribution in [0.15, 0.2) is 18.2 Å². The Kier molecular flexibility index (Phi) is 3.48. The number of hydrogen-bond acceptors (Lipinski definition) is 3. The van der Waals surface area contributed by atoms with Gasteiger partial charge >= 0.3 is 7.60 Å². The van der Waals surface area contributed by atoms with E-state index in [1.165, 1.54) is 14.2 Å². The highest BCUT2D eigenvalue weighted by atomic mass is 31.2. The fraction of sp³-hybridized carbons (Fsp3) is 0.400. The van der Waals surface area contributed by atoms with Crippen molar-refractivity contribution in [3.05, 3.63) is 29.3 Å². The molecule has 3 nitrogen and oxygen atoms in total. The summed E-state index contributed by atoms with van der Waals surface area (Å²) in [7, 11) is -0.306. The molecule has 0 N–H and O–H groups in total. The summed E-state index contributed by atoms with van der Waals surface area (Å²) >= 11 is 0. The Morgan fingerprint density at radius 1 is 1.00 bits per heavy atom. The van der Waals surface area contributed by atoms with E-state index in [1.807, 2.05) is 32.0 Å². The number of rotatable bonds is 3. The molecule has 0 aliphatic rings. The summed E-state index contributed by atoms with van der Waals surface area (Å²) in [6.07, 6.45) is 0. The van der Waals surface area contributed by atoms with Gasteiger partial charge in [0.1, 0.15) is 0 Å². The van der Waals surface area contributed by atoms with E-state index in [0.717, 1.165) is 11.1 Å². The maximum absolute atomic E-state index is 12.0. The molecule has 0 atom stereocenters. The minimum absolute atomic E-state index is 0.611. The Balaban J connectivity index is 3.24. The van der Waals surface area contributed by atoms with Gasteiger partial charge in [-0.25, -0.2) is 0 Å². The van der Waals surface area contributed by atoms with E-state index in [2.05, 4.69) is 0 Å². The molecule has 0 unspecified atom stereocenters. The molecule has 0 aliphatic carbocycles. The maximum atomic E-state index is 12.0. The van der Waals surface area contributed by atoms with E-state index < -0.39 is 7.60 Å². The third kappa shape index (κ3) is 2.24. The van der Waals surface area contributed by atoms with Gasteiger partial charge < -0.3 is 9.05 Å². The zero-order valence-electron chi connectivity index (χ0n) is 8.90. The SMILES string of the molecule is COP(=O)(OC)c1cc(C)cc(C)c1. The van der Waals surface area contributed by atoms with E-state index in [-0.39, 0.29) is 0 Å². The van der Waals surface area contributed by atoms with Crippen molar-refractivity contribution in [2.24, 2.45) is 0 Å². The van der Waals surface area contributed by atoms with Crippen molar-refractivity contribution in [1.82, 2.24) is 0 Å². The predicted octanol–water partition coefficient (Wildman–Crippen LogP) is 2.41. The molecule has 1 aromatic rings. The van der Waals surface area contributed by atoms with Crippen molar-refractivity contribution in [2.45, 2.75) is 13.8 Å². The highest BCUT2D eigenvalue weighted by Gasteiger charge is 2.24. The summed E-state index contributed by atoms with van der Waals surface area (Å²) in [5, 5.41) is 0.611. The molecule has 14 heavy (non-hydrogen) atoms. The molecular formula is C10H15O3P. The van der Waals surface area contributed by atoms with Gasteiger partial charge in [0.2, 0.25) is 0 Å². The second kappa shape index (κ2) is 4.26. The Hall–Kier alpha value is -0.630. The first-order valence-electron chi connectivity index (χ1n) is 4.32. The molecule has 0 fully saturated rings. The lowest BCUT2D eigenvalue weighted by atomic mass is 10.2. The summed E-state index contributed by atoms with van der Waals surface area (Å²) in [5.74, 6) is 0. The molecule has 1 aromatic carbocycles. The topological polar surface area (TPSA) is 35.5 Å². The van der Waals surface area contributed by atoms with Crippen LogP contribution in [0.2, 0.25) is 0 Å². The Labute approximate surface area is 84.6 Å². The van der Waals surface area contributed by atoms with Gasteiger partial charge in [-0.05, 0) is 37.1 Å². The van der Waals surface area contributed by atoms with Gasteiger partial charge in [-0.3, -0.25) is 4.57 Å². The van der Waals surface area contributed by atoms with Crippen LogP contribution >= 0.6 is 7.60 Å². The highest BCUT2D eigenvalue weighted by molar-refractivity contribution is 7.62. The third-order valence-electron chi connectivity index (χ3n) is 2.00. The van der Waals surface area contributed by atoms with Gasteiger partial charge in [0, 0.05) is 14.2 Å². The molecular weight excluding hydrogens is 199 g/mol. The number of hydrogen-bond donors (Lipinski definition) is 0. The average molecular weight is 214 g/mol. The summed E-state index contributed by atoms with van der Waals surface area (Å²) in [6, 6.07) is 5.65. The number of benzene rings is 1. The van der Waals surface area contributed by atoms with E-state index in [9.17, 15) is 4.57 Å². The molecule has 0 bridgehead atoms. The Bertz CT molecular complexity index is 345. The standard InChI is InChI=1S/C10H15O3P/c1-8-5-9(2)7-10(6-8)14(11,12-3)13-4/h5-7H,1-4H3. The molecule has 78 valence electrons. The summed E-state index contributed by atoms with van der Waals surface area (Å²) < 4.78 is 21.8. The van der Waals surface area contributed by atoms with Crippen molar-refractivity contribution in [2.75, 3.05) is 14.2 Å². The van der Waals surface area contributed by atoms with E-state index in [0.29, 0.717) is 5.30 Å². The van der Waals surface area contributed by atoms with E-state index >= 15 is 0 Å². The van der Waals surface area contributed by atoms with Gasteiger partial charge in [-0.2, -0.15) is 0 Å². The lowest BCUT2D eigenvalue weighted by molar-refractivity contribution is 0.287. The molecule has 4 heteroatoms. The van der Waals surface area contributed by atoms with Gasteiger partial charge in [0.25, 0.3) is 0 Å². The van der Waals surface area contributed by atoms with Crippen LogP contribution in [0.3, 0.4) is 0 Å². The third-order valence-corrected chi connectivity index (χ3v) is 3.86. The second-order valence-corrected chi connectivity index (χ2v) is 5.45. The van der Waals surface area contributed by atoms with Crippen LogP contribution in [-0.4, -0.2) is 14.2 Å². The van der Waals surface area contributed by atoms with Crippen LogP contribution < -0.4 is 5.30 Å². The quantitative estimate of drug-likeness (QED) is 0.725. The van der Waals surface area contributed by atoms with E-state index in [1.54, 1.807) is 0 Å². The molecule has 0 heterocycles. The minimum atomic E-state index is -3.09. The van der Waals surface area contributed by atoms with Gasteiger partial charge in [0.15, 0.2) is 0 Å². The van der Waals surface area contributed by atoms with Gasteiger partial charge in [-0.1, -0.05) is 6.07 Å². The molecule has 0 saturated heterocycles. The first-order chi connectivity index (χ1) is 6.51. The second-order valence-electron chi connectivity index (χ2n) is 3.21. The van der Waals surface area contributed by atoms with Crippen molar-refractivity contribution >= 4 is 12.9 Å². The van der Waals surface area contributed by atoms with Crippen LogP contribution in [0, 0.1) is 13.8 Å². The average Bonchev–Trinajstić information content (AvgIpc) is 2.15. The normalized spacial score (nSPS) is 11.7. The molecule has 0 spiro atoms. The lowest BCUT2D eigenvalue weighted by Crippen LogP contribution is -2.08. The highest BCUT2D eigenvalue weighted by Crippen LogP contribution is 2.45. The zero-order valence-corrected chi connectivity index (χ0v) is 9.80. The Morgan fingerprint density at radius 2 is 1.43 bits per heavy atom. The monoisotopic (exact) mass is 214 g/mol. The molecule has 0 aromatic heterocycles. The maximum Gasteiger partial charge on any atom is 0.360 e. The first-order valence-corrected chi connectivity index (χ1v) is 5.86.